The largest absolute Gasteiger partial charge is 0.496 e. The number of amides is 1. The van der Waals surface area contributed by atoms with Gasteiger partial charge in [-0.2, -0.15) is 0 Å². The normalized spacial score (nSPS) is 17.3. The Kier molecular flexibility index (Phi) is 5.90. The van der Waals surface area contributed by atoms with Gasteiger partial charge in [-0.1, -0.05) is 0 Å². The van der Waals surface area contributed by atoms with Gasteiger partial charge in [-0.15, -0.1) is 0 Å². The molecule has 2 aliphatic heterocycles. The Morgan fingerprint density at radius 2 is 1.77 bits per heavy atom. The van der Waals surface area contributed by atoms with Gasteiger partial charge in [-0.05, 0) is 35.9 Å². The maximum atomic E-state index is 12.9. The molecular formula is C23H25NO7. The number of hydrogen-bond acceptors (Lipinski definition) is 7. The Balaban J connectivity index is 1.57. The first-order chi connectivity index (χ1) is 15.0. The van der Waals surface area contributed by atoms with E-state index in [2.05, 4.69) is 0 Å². The molecule has 4 rings (SSSR count). The maximum Gasteiger partial charge on any atom is 0.246 e. The number of carbonyl (C=O) groups excluding carboxylic acids is 1. The summed E-state index contributed by atoms with van der Waals surface area (Å²) in [7, 11) is 4.67. The quantitative estimate of drug-likeness (QED) is 0.734. The lowest BCUT2D eigenvalue weighted by molar-refractivity contribution is -0.128. The van der Waals surface area contributed by atoms with E-state index in [4.69, 9.17) is 23.7 Å². The number of aliphatic hydroxyl groups excluding tert-OH is 1. The number of carbonyl (C=O) groups is 1. The molecule has 0 aromatic heterocycles. The third-order valence-corrected chi connectivity index (χ3v) is 5.37. The molecule has 2 aromatic rings. The fourth-order valence-electron chi connectivity index (χ4n) is 3.91. The molecule has 8 heteroatoms. The molecule has 0 saturated heterocycles. The number of rotatable bonds is 5. The fraction of sp³-hybridized carbons (Fsp3) is 0.348. The van der Waals surface area contributed by atoms with Crippen LogP contribution in [0.4, 0.5) is 0 Å². The molecule has 0 fully saturated rings. The van der Waals surface area contributed by atoms with Gasteiger partial charge >= 0.3 is 0 Å². The first kappa shape index (κ1) is 20.9. The second-order valence-corrected chi connectivity index (χ2v) is 7.18. The lowest BCUT2D eigenvalue weighted by atomic mass is 9.95. The molecule has 1 amide bonds. The van der Waals surface area contributed by atoms with Gasteiger partial charge in [0.15, 0.2) is 11.5 Å². The molecule has 0 saturated carbocycles. The number of benzene rings is 2. The number of methoxy groups -OCH3 is 3. The van der Waals surface area contributed by atoms with E-state index in [0.717, 1.165) is 11.1 Å². The molecule has 1 atom stereocenters. The molecule has 1 unspecified atom stereocenters. The molecule has 2 aliphatic rings. The van der Waals surface area contributed by atoms with Crippen LogP contribution in [0.3, 0.4) is 0 Å². The minimum absolute atomic E-state index is 0.157. The second-order valence-electron chi connectivity index (χ2n) is 7.18. The van der Waals surface area contributed by atoms with Crippen LogP contribution >= 0.6 is 0 Å². The molecule has 8 nitrogen and oxygen atoms in total. The summed E-state index contributed by atoms with van der Waals surface area (Å²) < 4.78 is 27.4. The minimum Gasteiger partial charge on any atom is -0.496 e. The number of β-amino-alcohol motifs (C(OH)–C–C–N with tert-alkyl or cyclic N) is 1. The highest BCUT2D eigenvalue weighted by Crippen LogP contribution is 2.41. The van der Waals surface area contributed by atoms with Crippen molar-refractivity contribution in [2.45, 2.75) is 12.6 Å². The third-order valence-electron chi connectivity index (χ3n) is 5.37. The van der Waals surface area contributed by atoms with Crippen molar-refractivity contribution in [3.8, 4) is 28.7 Å². The monoisotopic (exact) mass is 427 g/mol. The van der Waals surface area contributed by atoms with Crippen molar-refractivity contribution < 1.29 is 33.6 Å². The highest BCUT2D eigenvalue weighted by atomic mass is 16.6. The predicted octanol–water partition coefficient (Wildman–Crippen LogP) is 2.57. The molecule has 2 aromatic carbocycles. The van der Waals surface area contributed by atoms with Crippen molar-refractivity contribution in [1.29, 1.82) is 0 Å². The molecule has 0 aliphatic carbocycles. The maximum absolute atomic E-state index is 12.9. The Morgan fingerprint density at radius 3 is 2.52 bits per heavy atom. The Bertz CT molecular complexity index is 1000. The molecule has 2 heterocycles. The minimum atomic E-state index is -0.875. The number of nitrogens with zero attached hydrogens (tertiary/aromatic N) is 1. The molecule has 1 N–H and O–H groups in total. The predicted molar refractivity (Wildman–Crippen MR) is 113 cm³/mol. The lowest BCUT2D eigenvalue weighted by Crippen LogP contribution is -2.37. The highest BCUT2D eigenvalue weighted by Gasteiger charge is 2.31. The van der Waals surface area contributed by atoms with Gasteiger partial charge < -0.3 is 33.7 Å². The van der Waals surface area contributed by atoms with Gasteiger partial charge in [-0.3, -0.25) is 4.79 Å². The van der Waals surface area contributed by atoms with Gasteiger partial charge in [0.2, 0.25) is 11.7 Å². The summed E-state index contributed by atoms with van der Waals surface area (Å²) in [5.74, 6) is 2.64. The lowest BCUT2D eigenvalue weighted by Gasteiger charge is -2.33. The summed E-state index contributed by atoms with van der Waals surface area (Å²) in [5.41, 5.74) is 2.14. The van der Waals surface area contributed by atoms with E-state index in [-0.39, 0.29) is 12.5 Å². The van der Waals surface area contributed by atoms with Crippen molar-refractivity contribution in [3.63, 3.8) is 0 Å². The average molecular weight is 427 g/mol. The van der Waals surface area contributed by atoms with E-state index in [0.29, 0.717) is 54.1 Å². The van der Waals surface area contributed by atoms with E-state index in [1.54, 1.807) is 56.6 Å². The van der Waals surface area contributed by atoms with Crippen LogP contribution in [-0.2, 0) is 11.3 Å². The zero-order valence-corrected chi connectivity index (χ0v) is 17.7. The van der Waals surface area contributed by atoms with Crippen LogP contribution in [0.2, 0.25) is 0 Å². The first-order valence-corrected chi connectivity index (χ1v) is 9.92. The van der Waals surface area contributed by atoms with E-state index in [1.165, 1.54) is 6.08 Å². The second kappa shape index (κ2) is 8.77. The first-order valence-electron chi connectivity index (χ1n) is 9.92. The third kappa shape index (κ3) is 3.98. The average Bonchev–Trinajstić information content (AvgIpc) is 2.80. The van der Waals surface area contributed by atoms with Gasteiger partial charge in [0.1, 0.15) is 30.8 Å². The summed E-state index contributed by atoms with van der Waals surface area (Å²) in [6.45, 7) is 1.38. The number of aliphatic hydroxyl groups is 1. The summed E-state index contributed by atoms with van der Waals surface area (Å²) in [4.78, 5) is 14.5. The van der Waals surface area contributed by atoms with Crippen LogP contribution < -0.4 is 23.7 Å². The van der Waals surface area contributed by atoms with Gasteiger partial charge in [0.05, 0.1) is 34.4 Å². The standard InChI is InChI=1S/C23H25NO7/c1-27-17-5-6-18(28-2)22-15(17)12-24(13-16(22)25)21(26)7-4-14-10-19(29-3)23-20(11-14)30-8-9-31-23/h4-7,10-11,16,25H,8-9,12-13H2,1-3H3/b7-4+. The fourth-order valence-corrected chi connectivity index (χ4v) is 3.91. The SMILES string of the molecule is COc1ccc(OC)c2c1CN(C(=O)/C=C/c1cc(OC)c3c(c1)OCCO3)CC2O. The molecule has 0 radical (unpaired) electrons. The van der Waals surface area contributed by atoms with Gasteiger partial charge in [0, 0.05) is 17.2 Å². The van der Waals surface area contributed by atoms with Gasteiger partial charge in [0.25, 0.3) is 0 Å². The van der Waals surface area contributed by atoms with E-state index >= 15 is 0 Å². The molecule has 0 bridgehead atoms. The molecular weight excluding hydrogens is 402 g/mol. The van der Waals surface area contributed by atoms with Crippen LogP contribution in [0.15, 0.2) is 30.3 Å². The van der Waals surface area contributed by atoms with E-state index in [1.807, 2.05) is 0 Å². The molecule has 164 valence electrons. The molecule has 31 heavy (non-hydrogen) atoms. The number of fused-ring (bicyclic) bond motifs is 2. The van der Waals surface area contributed by atoms with Crippen molar-refractivity contribution in [2.24, 2.45) is 0 Å². The van der Waals surface area contributed by atoms with Crippen molar-refractivity contribution >= 4 is 12.0 Å². The molecule has 0 spiro atoms. The van der Waals surface area contributed by atoms with Gasteiger partial charge in [-0.25, -0.2) is 0 Å². The highest BCUT2D eigenvalue weighted by molar-refractivity contribution is 5.92. The zero-order valence-electron chi connectivity index (χ0n) is 17.7. The summed E-state index contributed by atoms with van der Waals surface area (Å²) in [6.07, 6.45) is 2.28. The van der Waals surface area contributed by atoms with Crippen molar-refractivity contribution in [3.05, 3.63) is 47.0 Å². The van der Waals surface area contributed by atoms with Crippen molar-refractivity contribution in [2.75, 3.05) is 41.1 Å². The van der Waals surface area contributed by atoms with Crippen LogP contribution in [-0.4, -0.2) is 57.0 Å². The van der Waals surface area contributed by atoms with Crippen molar-refractivity contribution in [1.82, 2.24) is 4.90 Å². The Labute approximate surface area is 180 Å². The zero-order chi connectivity index (χ0) is 22.0. The summed E-state index contributed by atoms with van der Waals surface area (Å²) in [5, 5.41) is 10.7. The number of hydrogen-bond donors (Lipinski definition) is 1. The summed E-state index contributed by atoms with van der Waals surface area (Å²) >= 11 is 0. The van der Waals surface area contributed by atoms with Crippen LogP contribution in [0, 0.1) is 0 Å². The summed E-state index contributed by atoms with van der Waals surface area (Å²) in [6, 6.07) is 7.11. The number of ether oxygens (including phenoxy) is 5. The topological polar surface area (TPSA) is 86.7 Å². The van der Waals surface area contributed by atoms with E-state index in [9.17, 15) is 9.90 Å². The van der Waals surface area contributed by atoms with Crippen LogP contribution in [0.5, 0.6) is 28.7 Å². The Morgan fingerprint density at radius 1 is 1.06 bits per heavy atom. The van der Waals surface area contributed by atoms with E-state index < -0.39 is 6.10 Å². The smallest absolute Gasteiger partial charge is 0.246 e. The Hall–Kier alpha value is -3.39. The van der Waals surface area contributed by atoms with Crippen LogP contribution in [0.1, 0.15) is 22.8 Å². The van der Waals surface area contributed by atoms with Crippen LogP contribution in [0.25, 0.3) is 6.08 Å².